The first kappa shape index (κ1) is 9.54. The zero-order chi connectivity index (χ0) is 10.1. The fourth-order valence-electron chi connectivity index (χ4n) is 1.34. The van der Waals surface area contributed by atoms with Crippen LogP contribution in [0.5, 0.6) is 0 Å². The average molecular weight is 213 g/mol. The van der Waals surface area contributed by atoms with Crippen molar-refractivity contribution in [1.82, 2.24) is 15.3 Å². The summed E-state index contributed by atoms with van der Waals surface area (Å²) in [4.78, 5) is 17.9. The molecule has 2 rings (SSSR count). The summed E-state index contributed by atoms with van der Waals surface area (Å²) in [5, 5.41) is 11.7. The molecule has 1 fully saturated rings. The second-order valence-electron chi connectivity index (χ2n) is 3.22. The van der Waals surface area contributed by atoms with Gasteiger partial charge in [-0.2, -0.15) is 0 Å². The average Bonchev–Trinajstić information content (AvgIpc) is 2.70. The normalized spacial score (nSPS) is 26.6. The number of thioether (sulfide) groups is 1. The summed E-state index contributed by atoms with van der Waals surface area (Å²) < 4.78 is 0. The van der Waals surface area contributed by atoms with Crippen molar-refractivity contribution in [1.29, 1.82) is 0 Å². The van der Waals surface area contributed by atoms with E-state index in [1.165, 1.54) is 0 Å². The number of carbonyl (C=O) groups is 1. The monoisotopic (exact) mass is 213 g/mol. The molecule has 0 aromatic carbocycles. The molecule has 1 aromatic rings. The number of carboxylic acids is 1. The number of rotatable bonds is 2. The van der Waals surface area contributed by atoms with Crippen LogP contribution in [0.15, 0.2) is 6.20 Å². The van der Waals surface area contributed by atoms with Crippen molar-refractivity contribution >= 4 is 17.7 Å². The zero-order valence-corrected chi connectivity index (χ0v) is 8.47. The minimum atomic E-state index is -0.803. The Kier molecular flexibility index (Phi) is 2.47. The molecule has 1 aliphatic rings. The lowest BCUT2D eigenvalue weighted by Crippen LogP contribution is -2.33. The van der Waals surface area contributed by atoms with Gasteiger partial charge in [0.1, 0.15) is 17.2 Å². The number of aromatic nitrogens is 2. The van der Waals surface area contributed by atoms with E-state index < -0.39 is 12.0 Å². The molecule has 3 N–H and O–H groups in total. The van der Waals surface area contributed by atoms with Crippen molar-refractivity contribution < 1.29 is 9.90 Å². The molecule has 5 nitrogen and oxygen atoms in total. The van der Waals surface area contributed by atoms with Crippen LogP contribution in [-0.4, -0.2) is 32.8 Å². The predicted octanol–water partition coefficient (Wildman–Crippen LogP) is 0.506. The van der Waals surface area contributed by atoms with Crippen LogP contribution in [0.4, 0.5) is 0 Å². The summed E-state index contributed by atoms with van der Waals surface area (Å²) in [6.45, 7) is 1.92. The van der Waals surface area contributed by atoms with E-state index in [1.807, 2.05) is 6.92 Å². The van der Waals surface area contributed by atoms with Gasteiger partial charge in [-0.1, -0.05) is 0 Å². The van der Waals surface area contributed by atoms with E-state index in [4.69, 9.17) is 5.11 Å². The minimum absolute atomic E-state index is 0.0233. The van der Waals surface area contributed by atoms with Crippen LogP contribution in [0.2, 0.25) is 0 Å². The summed E-state index contributed by atoms with van der Waals surface area (Å²) in [5.74, 6) is 0.583. The van der Waals surface area contributed by atoms with Crippen molar-refractivity contribution in [3.63, 3.8) is 0 Å². The number of imidazole rings is 1. The van der Waals surface area contributed by atoms with Crippen LogP contribution in [0, 0.1) is 6.92 Å². The molecule has 1 aromatic heterocycles. The van der Waals surface area contributed by atoms with E-state index in [0.29, 0.717) is 5.75 Å². The first-order valence-corrected chi connectivity index (χ1v) is 5.33. The third kappa shape index (κ3) is 1.76. The summed E-state index contributed by atoms with van der Waals surface area (Å²) in [7, 11) is 0. The van der Waals surface area contributed by atoms with E-state index >= 15 is 0 Å². The molecule has 2 atom stereocenters. The van der Waals surface area contributed by atoms with Crippen LogP contribution < -0.4 is 5.32 Å². The van der Waals surface area contributed by atoms with Crippen molar-refractivity contribution in [2.24, 2.45) is 0 Å². The second kappa shape index (κ2) is 3.62. The molecule has 2 heterocycles. The van der Waals surface area contributed by atoms with Crippen molar-refractivity contribution in [2.75, 3.05) is 5.75 Å². The fraction of sp³-hybridized carbons (Fsp3) is 0.500. The highest BCUT2D eigenvalue weighted by molar-refractivity contribution is 7.99. The van der Waals surface area contributed by atoms with Crippen molar-refractivity contribution in [3.05, 3.63) is 17.7 Å². The Balaban J connectivity index is 2.05. The Hall–Kier alpha value is -1.01. The summed E-state index contributed by atoms with van der Waals surface area (Å²) in [6.07, 6.45) is 1.74. The van der Waals surface area contributed by atoms with E-state index in [-0.39, 0.29) is 5.37 Å². The Morgan fingerprint density at radius 2 is 2.57 bits per heavy atom. The fourth-order valence-corrected chi connectivity index (χ4v) is 2.50. The molecule has 1 aliphatic heterocycles. The van der Waals surface area contributed by atoms with Gasteiger partial charge in [-0.25, -0.2) is 4.98 Å². The first-order valence-electron chi connectivity index (χ1n) is 4.29. The summed E-state index contributed by atoms with van der Waals surface area (Å²) in [5.41, 5.74) is 0.987. The van der Waals surface area contributed by atoms with Crippen LogP contribution in [0.1, 0.15) is 16.9 Å². The highest BCUT2D eigenvalue weighted by Gasteiger charge is 2.31. The lowest BCUT2D eigenvalue weighted by molar-refractivity contribution is -0.138. The van der Waals surface area contributed by atoms with Gasteiger partial charge in [-0.3, -0.25) is 10.1 Å². The van der Waals surface area contributed by atoms with Crippen LogP contribution in [-0.2, 0) is 4.79 Å². The highest BCUT2D eigenvalue weighted by atomic mass is 32.2. The molecule has 0 radical (unpaired) electrons. The van der Waals surface area contributed by atoms with E-state index in [1.54, 1.807) is 18.0 Å². The van der Waals surface area contributed by atoms with E-state index in [2.05, 4.69) is 15.3 Å². The molecule has 14 heavy (non-hydrogen) atoms. The quantitative estimate of drug-likeness (QED) is 0.667. The molecule has 76 valence electrons. The topological polar surface area (TPSA) is 78.0 Å². The molecule has 0 saturated carbocycles. The maximum atomic E-state index is 10.7. The molecule has 0 spiro atoms. The number of aromatic amines is 1. The molecule has 0 bridgehead atoms. The van der Waals surface area contributed by atoms with Crippen LogP contribution in [0.25, 0.3) is 0 Å². The lowest BCUT2D eigenvalue weighted by Gasteiger charge is -2.07. The van der Waals surface area contributed by atoms with Gasteiger partial charge in [0.05, 0.1) is 0 Å². The van der Waals surface area contributed by atoms with Crippen LogP contribution in [0.3, 0.4) is 0 Å². The molecule has 0 aliphatic carbocycles. The molecule has 2 unspecified atom stereocenters. The molecular weight excluding hydrogens is 202 g/mol. The zero-order valence-electron chi connectivity index (χ0n) is 7.65. The van der Waals surface area contributed by atoms with Gasteiger partial charge in [0.25, 0.3) is 0 Å². The third-order valence-corrected chi connectivity index (χ3v) is 3.27. The van der Waals surface area contributed by atoms with Gasteiger partial charge in [0.15, 0.2) is 0 Å². The van der Waals surface area contributed by atoms with E-state index in [0.717, 1.165) is 11.5 Å². The van der Waals surface area contributed by atoms with Crippen molar-refractivity contribution in [2.45, 2.75) is 18.3 Å². The Labute approximate surface area is 85.3 Å². The van der Waals surface area contributed by atoms with E-state index in [9.17, 15) is 4.79 Å². The van der Waals surface area contributed by atoms with Gasteiger partial charge in [-0.05, 0) is 6.92 Å². The maximum Gasteiger partial charge on any atom is 0.321 e. The standard InChI is InChI=1S/C8H11N3O2S/c1-4-2-9-6(10-4)7-11-5(3-14-7)8(12)13/h2,5,7,11H,3H2,1H3,(H,9,10)(H,12,13). The predicted molar refractivity (Wildman–Crippen MR) is 53.1 cm³/mol. The molecule has 1 saturated heterocycles. The highest BCUT2D eigenvalue weighted by Crippen LogP contribution is 2.30. The molecule has 0 amide bonds. The third-order valence-electron chi connectivity index (χ3n) is 2.05. The Bertz CT molecular complexity index is 352. The minimum Gasteiger partial charge on any atom is -0.480 e. The first-order chi connectivity index (χ1) is 6.66. The second-order valence-corrected chi connectivity index (χ2v) is 4.36. The summed E-state index contributed by atoms with van der Waals surface area (Å²) >= 11 is 1.56. The number of H-pyrrole nitrogens is 1. The number of nitrogens with zero attached hydrogens (tertiary/aromatic N) is 1. The van der Waals surface area contributed by atoms with Crippen molar-refractivity contribution in [3.8, 4) is 0 Å². The SMILES string of the molecule is Cc1cnc(C2NC(C(=O)O)CS2)[nH]1. The molecular formula is C8H11N3O2S. The molecule has 6 heteroatoms. The van der Waals surface area contributed by atoms with Gasteiger partial charge >= 0.3 is 5.97 Å². The largest absolute Gasteiger partial charge is 0.480 e. The van der Waals surface area contributed by atoms with Gasteiger partial charge < -0.3 is 10.1 Å². The number of aryl methyl sites for hydroxylation is 1. The number of aliphatic carboxylic acids is 1. The number of hydrogen-bond acceptors (Lipinski definition) is 4. The Morgan fingerprint density at radius 1 is 1.79 bits per heavy atom. The number of carboxylic acid groups (broad SMARTS) is 1. The Morgan fingerprint density at radius 3 is 3.07 bits per heavy atom. The van der Waals surface area contributed by atoms with Gasteiger partial charge in [0, 0.05) is 17.6 Å². The van der Waals surface area contributed by atoms with Gasteiger partial charge in [-0.15, -0.1) is 11.8 Å². The van der Waals surface area contributed by atoms with Crippen LogP contribution >= 0.6 is 11.8 Å². The maximum absolute atomic E-state index is 10.7. The summed E-state index contributed by atoms with van der Waals surface area (Å²) in [6, 6.07) is -0.463. The lowest BCUT2D eigenvalue weighted by atomic mass is 10.3. The van der Waals surface area contributed by atoms with Gasteiger partial charge in [0.2, 0.25) is 0 Å². The smallest absolute Gasteiger partial charge is 0.321 e. The number of nitrogens with one attached hydrogen (secondary N) is 2. The number of hydrogen-bond donors (Lipinski definition) is 3.